The molecule has 2 aromatic heterocycles. The molecule has 1 aliphatic carbocycles. The minimum atomic E-state index is -0.167. The van der Waals surface area contributed by atoms with Crippen LogP contribution in [0.25, 0.3) is 0 Å². The smallest absolute Gasteiger partial charge is 0.274 e. The zero-order valence-electron chi connectivity index (χ0n) is 14.5. The van der Waals surface area contributed by atoms with E-state index in [9.17, 15) is 9.59 Å². The molecule has 1 saturated carbocycles. The largest absolute Gasteiger partial charge is 0.348 e. The predicted octanol–water partition coefficient (Wildman–Crippen LogP) is 1.07. The molecule has 1 saturated heterocycles. The highest BCUT2D eigenvalue weighted by Crippen LogP contribution is 2.39. The van der Waals surface area contributed by atoms with E-state index in [0.29, 0.717) is 30.6 Å². The average molecular weight is 342 g/mol. The second-order valence-electron chi connectivity index (χ2n) is 7.11. The van der Waals surface area contributed by atoms with Crippen LogP contribution in [-0.4, -0.2) is 58.2 Å². The van der Waals surface area contributed by atoms with Gasteiger partial charge in [0.15, 0.2) is 0 Å². The minimum absolute atomic E-state index is 0.0525. The maximum absolute atomic E-state index is 12.7. The first-order valence-electron chi connectivity index (χ1n) is 8.64. The summed E-state index contributed by atoms with van der Waals surface area (Å²) in [6, 6.07) is 3.41. The average Bonchev–Trinajstić information content (AvgIpc) is 3.12. The van der Waals surface area contributed by atoms with E-state index in [1.807, 2.05) is 20.2 Å². The van der Waals surface area contributed by atoms with Crippen LogP contribution in [0.1, 0.15) is 53.0 Å². The molecule has 1 atom stereocenters. The Hall–Kier alpha value is -2.64. The van der Waals surface area contributed by atoms with E-state index in [2.05, 4.69) is 20.2 Å². The predicted molar refractivity (Wildman–Crippen MR) is 93.0 cm³/mol. The van der Waals surface area contributed by atoms with Crippen LogP contribution < -0.4 is 10.5 Å². The molecule has 8 nitrogen and oxygen atoms in total. The Balaban J connectivity index is 1.49. The zero-order valence-corrected chi connectivity index (χ0v) is 14.5. The summed E-state index contributed by atoms with van der Waals surface area (Å²) in [5.41, 5.74) is 2.12. The van der Waals surface area contributed by atoms with E-state index < -0.39 is 0 Å². The minimum Gasteiger partial charge on any atom is -0.348 e. The Morgan fingerprint density at radius 3 is 2.76 bits per heavy atom. The van der Waals surface area contributed by atoms with Gasteiger partial charge in [-0.2, -0.15) is 5.10 Å². The van der Waals surface area contributed by atoms with Crippen LogP contribution in [0.2, 0.25) is 0 Å². The number of amides is 1. The first-order valence-corrected chi connectivity index (χ1v) is 8.64. The first kappa shape index (κ1) is 15.9. The summed E-state index contributed by atoms with van der Waals surface area (Å²) < 4.78 is 0. The van der Waals surface area contributed by atoms with Gasteiger partial charge in [0.05, 0.1) is 5.69 Å². The third kappa shape index (κ3) is 3.16. The van der Waals surface area contributed by atoms with Crippen molar-refractivity contribution in [2.45, 2.75) is 31.1 Å². The van der Waals surface area contributed by atoms with E-state index in [-0.39, 0.29) is 17.4 Å². The van der Waals surface area contributed by atoms with Crippen molar-refractivity contribution in [3.63, 3.8) is 0 Å². The van der Waals surface area contributed by atoms with Gasteiger partial charge < -0.3 is 9.80 Å². The fourth-order valence-electron chi connectivity index (χ4n) is 3.28. The number of aromatic amines is 2. The molecule has 8 heteroatoms. The van der Waals surface area contributed by atoms with Gasteiger partial charge in [0, 0.05) is 50.8 Å². The SMILES string of the molecule is CN(C)c1nc(C2CCN(C(=O)c3cc(C4CC4)[nH]n3)C2)cc(=O)[nH]1. The van der Waals surface area contributed by atoms with Gasteiger partial charge in [0.2, 0.25) is 5.95 Å². The van der Waals surface area contributed by atoms with E-state index in [0.717, 1.165) is 17.8 Å². The van der Waals surface area contributed by atoms with Crippen LogP contribution >= 0.6 is 0 Å². The highest BCUT2D eigenvalue weighted by molar-refractivity contribution is 5.92. The van der Waals surface area contributed by atoms with Crippen LogP contribution in [0.4, 0.5) is 5.95 Å². The fraction of sp³-hybridized carbons (Fsp3) is 0.529. The fourth-order valence-corrected chi connectivity index (χ4v) is 3.28. The molecule has 0 aromatic carbocycles. The molecule has 25 heavy (non-hydrogen) atoms. The number of H-pyrrole nitrogens is 2. The van der Waals surface area contributed by atoms with Crippen LogP contribution in [0.3, 0.4) is 0 Å². The quantitative estimate of drug-likeness (QED) is 0.866. The summed E-state index contributed by atoms with van der Waals surface area (Å²) >= 11 is 0. The number of nitrogens with zero attached hydrogens (tertiary/aromatic N) is 4. The Labute approximate surface area is 145 Å². The lowest BCUT2D eigenvalue weighted by Gasteiger charge is -2.16. The number of aromatic nitrogens is 4. The van der Waals surface area contributed by atoms with Crippen molar-refractivity contribution in [2.75, 3.05) is 32.1 Å². The molecule has 2 fully saturated rings. The van der Waals surface area contributed by atoms with Crippen LogP contribution in [0.15, 0.2) is 16.9 Å². The van der Waals surface area contributed by atoms with Gasteiger partial charge in [-0.1, -0.05) is 0 Å². The van der Waals surface area contributed by atoms with E-state index in [1.165, 1.54) is 18.9 Å². The maximum atomic E-state index is 12.7. The lowest BCUT2D eigenvalue weighted by atomic mass is 10.1. The lowest BCUT2D eigenvalue weighted by molar-refractivity contribution is 0.0785. The number of rotatable bonds is 4. The number of hydrogen-bond donors (Lipinski definition) is 2. The highest BCUT2D eigenvalue weighted by Gasteiger charge is 2.32. The first-order chi connectivity index (χ1) is 12.0. The van der Waals surface area contributed by atoms with Crippen molar-refractivity contribution in [1.29, 1.82) is 0 Å². The van der Waals surface area contributed by atoms with Gasteiger partial charge in [-0.3, -0.25) is 19.7 Å². The normalized spacial score (nSPS) is 20.1. The molecule has 2 aromatic rings. The molecule has 2 N–H and O–H groups in total. The molecule has 1 aliphatic heterocycles. The van der Waals surface area contributed by atoms with Crippen molar-refractivity contribution in [2.24, 2.45) is 0 Å². The molecule has 4 rings (SSSR count). The topological polar surface area (TPSA) is 98.0 Å². The van der Waals surface area contributed by atoms with Gasteiger partial charge in [-0.25, -0.2) is 4.98 Å². The molecule has 3 heterocycles. The van der Waals surface area contributed by atoms with Crippen LogP contribution in [-0.2, 0) is 0 Å². The van der Waals surface area contributed by atoms with E-state index >= 15 is 0 Å². The molecule has 132 valence electrons. The zero-order chi connectivity index (χ0) is 17.6. The van der Waals surface area contributed by atoms with E-state index in [4.69, 9.17) is 0 Å². The maximum Gasteiger partial charge on any atom is 0.274 e. The van der Waals surface area contributed by atoms with Gasteiger partial charge in [-0.05, 0) is 25.3 Å². The number of likely N-dealkylation sites (tertiary alicyclic amines) is 1. The van der Waals surface area contributed by atoms with E-state index in [1.54, 1.807) is 9.80 Å². The van der Waals surface area contributed by atoms with Gasteiger partial charge in [0.25, 0.3) is 11.5 Å². The second-order valence-corrected chi connectivity index (χ2v) is 7.11. The molecule has 2 aliphatic rings. The monoisotopic (exact) mass is 342 g/mol. The van der Waals surface area contributed by atoms with Crippen molar-refractivity contribution in [3.8, 4) is 0 Å². The van der Waals surface area contributed by atoms with Gasteiger partial charge in [0.1, 0.15) is 5.69 Å². The van der Waals surface area contributed by atoms with Crippen molar-refractivity contribution in [1.82, 2.24) is 25.1 Å². The number of carbonyl (C=O) groups excluding carboxylic acids is 1. The number of hydrogen-bond acceptors (Lipinski definition) is 5. The van der Waals surface area contributed by atoms with Crippen molar-refractivity contribution >= 4 is 11.9 Å². The highest BCUT2D eigenvalue weighted by atomic mass is 16.2. The van der Waals surface area contributed by atoms with Crippen LogP contribution in [0.5, 0.6) is 0 Å². The molecule has 0 radical (unpaired) electrons. The molecule has 1 unspecified atom stereocenters. The van der Waals surface area contributed by atoms with Gasteiger partial charge >= 0.3 is 0 Å². The summed E-state index contributed by atoms with van der Waals surface area (Å²) in [6.45, 7) is 1.22. The second kappa shape index (κ2) is 6.02. The summed E-state index contributed by atoms with van der Waals surface area (Å²) in [5.74, 6) is 1.11. The number of anilines is 1. The van der Waals surface area contributed by atoms with Gasteiger partial charge in [-0.15, -0.1) is 0 Å². The molecular formula is C17H22N6O2. The number of nitrogens with one attached hydrogen (secondary N) is 2. The standard InChI is InChI=1S/C17H22N6O2/c1-22(2)17-18-12(8-15(24)19-17)11-5-6-23(9-11)16(25)14-7-13(20-21-14)10-3-4-10/h7-8,10-11H,3-6,9H2,1-2H3,(H,20,21)(H,18,19,24). The van der Waals surface area contributed by atoms with Crippen molar-refractivity contribution in [3.05, 3.63) is 39.6 Å². The summed E-state index contributed by atoms with van der Waals surface area (Å²) in [4.78, 5) is 35.3. The lowest BCUT2D eigenvalue weighted by Crippen LogP contribution is -2.29. The summed E-state index contributed by atoms with van der Waals surface area (Å²) in [7, 11) is 3.67. The molecular weight excluding hydrogens is 320 g/mol. The Morgan fingerprint density at radius 1 is 1.24 bits per heavy atom. The third-order valence-corrected chi connectivity index (χ3v) is 4.90. The number of carbonyl (C=O) groups is 1. The molecule has 0 spiro atoms. The molecule has 0 bridgehead atoms. The van der Waals surface area contributed by atoms with Crippen molar-refractivity contribution < 1.29 is 4.79 Å². The Morgan fingerprint density at radius 2 is 2.04 bits per heavy atom. The summed E-state index contributed by atoms with van der Waals surface area (Å²) in [5, 5.41) is 7.16. The summed E-state index contributed by atoms with van der Waals surface area (Å²) in [6.07, 6.45) is 3.14. The Kier molecular flexibility index (Phi) is 3.82. The molecule has 1 amide bonds. The Bertz CT molecular complexity index is 851. The third-order valence-electron chi connectivity index (χ3n) is 4.90. The van der Waals surface area contributed by atoms with Crippen LogP contribution in [0, 0.1) is 0 Å².